The minimum Gasteiger partial charge on any atom is -0.314 e. The number of aryl methyl sites for hydroxylation is 2. The topological polar surface area (TPSA) is 15.3 Å². The summed E-state index contributed by atoms with van der Waals surface area (Å²) < 4.78 is 0. The Hall–Kier alpha value is -0.860. The molecule has 1 aromatic carbocycles. The second kappa shape index (κ2) is 8.12. The Kier molecular flexibility index (Phi) is 6.46. The first-order chi connectivity index (χ1) is 10.5. The van der Waals surface area contributed by atoms with Gasteiger partial charge in [-0.05, 0) is 54.3 Å². The van der Waals surface area contributed by atoms with Crippen LogP contribution >= 0.6 is 0 Å². The van der Waals surface area contributed by atoms with Crippen LogP contribution in [0, 0.1) is 0 Å². The highest BCUT2D eigenvalue weighted by atomic mass is 15.2. The van der Waals surface area contributed by atoms with Crippen LogP contribution in [-0.2, 0) is 18.3 Å². The van der Waals surface area contributed by atoms with Gasteiger partial charge in [-0.15, -0.1) is 0 Å². The van der Waals surface area contributed by atoms with E-state index in [4.69, 9.17) is 0 Å². The first kappa shape index (κ1) is 17.5. The molecule has 0 unspecified atom stereocenters. The summed E-state index contributed by atoms with van der Waals surface area (Å²) in [5.74, 6) is 0. The maximum atomic E-state index is 3.42. The van der Waals surface area contributed by atoms with Crippen LogP contribution in [0.4, 0.5) is 0 Å². The smallest absolute Gasteiger partial charge is 0.0107 e. The number of nitrogens with zero attached hydrogens (tertiary/aromatic N) is 1. The van der Waals surface area contributed by atoms with E-state index in [0.717, 1.165) is 19.5 Å². The van der Waals surface area contributed by atoms with Crippen molar-refractivity contribution in [3.63, 3.8) is 0 Å². The van der Waals surface area contributed by atoms with Crippen LogP contribution in [0.25, 0.3) is 0 Å². The fourth-order valence-corrected chi connectivity index (χ4v) is 3.26. The summed E-state index contributed by atoms with van der Waals surface area (Å²) in [5, 5.41) is 3.42. The highest BCUT2D eigenvalue weighted by Gasteiger charge is 2.15. The van der Waals surface area contributed by atoms with Gasteiger partial charge in [-0.2, -0.15) is 0 Å². The Bertz CT molecular complexity index is 453. The van der Waals surface area contributed by atoms with Gasteiger partial charge in [0, 0.05) is 26.2 Å². The molecule has 1 aliphatic rings. The first-order valence-electron chi connectivity index (χ1n) is 9.06. The fourth-order valence-electron chi connectivity index (χ4n) is 3.26. The summed E-state index contributed by atoms with van der Waals surface area (Å²) >= 11 is 0. The molecule has 1 aromatic rings. The molecule has 0 bridgehead atoms. The standard InChI is InChI=1S/C20H34N2/c1-5-17-9-10-19(20(2,3)4)16-18(17)8-6-7-13-22-14-11-21-12-15-22/h9-10,16,21H,5-8,11-15H2,1-4H3. The summed E-state index contributed by atoms with van der Waals surface area (Å²) in [7, 11) is 0. The summed E-state index contributed by atoms with van der Waals surface area (Å²) in [5.41, 5.74) is 4.84. The number of rotatable bonds is 6. The molecule has 22 heavy (non-hydrogen) atoms. The van der Waals surface area contributed by atoms with E-state index in [0.29, 0.717) is 0 Å². The summed E-state index contributed by atoms with van der Waals surface area (Å²) in [6.45, 7) is 15.2. The summed E-state index contributed by atoms with van der Waals surface area (Å²) in [6, 6.07) is 7.14. The highest BCUT2D eigenvalue weighted by Crippen LogP contribution is 2.25. The SMILES string of the molecule is CCc1ccc(C(C)(C)C)cc1CCCCN1CCNCC1. The van der Waals surface area contributed by atoms with Gasteiger partial charge >= 0.3 is 0 Å². The van der Waals surface area contributed by atoms with Crippen molar-refractivity contribution in [1.29, 1.82) is 0 Å². The zero-order valence-corrected chi connectivity index (χ0v) is 15.0. The van der Waals surface area contributed by atoms with Gasteiger partial charge in [-0.1, -0.05) is 45.9 Å². The molecule has 2 heteroatoms. The lowest BCUT2D eigenvalue weighted by Gasteiger charge is -2.27. The molecule has 1 aliphatic heterocycles. The lowest BCUT2D eigenvalue weighted by molar-refractivity contribution is 0.237. The molecule has 1 N–H and O–H groups in total. The molecule has 2 nitrogen and oxygen atoms in total. The van der Waals surface area contributed by atoms with Crippen molar-refractivity contribution < 1.29 is 0 Å². The first-order valence-corrected chi connectivity index (χ1v) is 9.06. The summed E-state index contributed by atoms with van der Waals surface area (Å²) in [4.78, 5) is 2.60. The van der Waals surface area contributed by atoms with E-state index < -0.39 is 0 Å². The molecule has 1 saturated heterocycles. The van der Waals surface area contributed by atoms with Gasteiger partial charge in [-0.25, -0.2) is 0 Å². The quantitative estimate of drug-likeness (QED) is 0.805. The number of unbranched alkanes of at least 4 members (excludes halogenated alkanes) is 1. The third kappa shape index (κ3) is 5.10. The van der Waals surface area contributed by atoms with E-state index in [1.807, 2.05) is 0 Å². The zero-order valence-electron chi connectivity index (χ0n) is 15.0. The molecule has 0 saturated carbocycles. The van der Waals surface area contributed by atoms with Crippen molar-refractivity contribution in [1.82, 2.24) is 10.2 Å². The zero-order chi connectivity index (χ0) is 16.0. The Labute approximate surface area is 137 Å². The number of hydrogen-bond acceptors (Lipinski definition) is 2. The average molecular weight is 303 g/mol. The van der Waals surface area contributed by atoms with Gasteiger partial charge in [0.05, 0.1) is 0 Å². The maximum absolute atomic E-state index is 3.42. The predicted octanol–water partition coefficient (Wildman–Crippen LogP) is 3.77. The van der Waals surface area contributed by atoms with Crippen molar-refractivity contribution >= 4 is 0 Å². The Morgan fingerprint density at radius 2 is 1.77 bits per heavy atom. The number of hydrogen-bond donors (Lipinski definition) is 1. The number of nitrogens with one attached hydrogen (secondary N) is 1. The molecular formula is C20H34N2. The van der Waals surface area contributed by atoms with Crippen molar-refractivity contribution in [2.75, 3.05) is 32.7 Å². The second-order valence-corrected chi connectivity index (χ2v) is 7.64. The van der Waals surface area contributed by atoms with Gasteiger partial charge in [-0.3, -0.25) is 0 Å². The van der Waals surface area contributed by atoms with Gasteiger partial charge in [0.2, 0.25) is 0 Å². The normalized spacial score (nSPS) is 16.9. The maximum Gasteiger partial charge on any atom is 0.0107 e. The van der Waals surface area contributed by atoms with Gasteiger partial charge in [0.25, 0.3) is 0 Å². The van der Waals surface area contributed by atoms with Crippen molar-refractivity contribution in [3.05, 3.63) is 34.9 Å². The van der Waals surface area contributed by atoms with Crippen molar-refractivity contribution in [3.8, 4) is 0 Å². The van der Waals surface area contributed by atoms with Crippen LogP contribution in [0.15, 0.2) is 18.2 Å². The van der Waals surface area contributed by atoms with E-state index >= 15 is 0 Å². The Balaban J connectivity index is 1.87. The van der Waals surface area contributed by atoms with E-state index in [9.17, 15) is 0 Å². The van der Waals surface area contributed by atoms with Gasteiger partial charge in [0.1, 0.15) is 0 Å². The lowest BCUT2D eigenvalue weighted by atomic mass is 9.84. The number of benzene rings is 1. The Morgan fingerprint density at radius 1 is 1.05 bits per heavy atom. The molecule has 0 atom stereocenters. The molecule has 0 aromatic heterocycles. The Morgan fingerprint density at radius 3 is 2.41 bits per heavy atom. The minimum atomic E-state index is 0.252. The number of piperazine rings is 1. The van der Waals surface area contributed by atoms with Gasteiger partial charge < -0.3 is 10.2 Å². The third-order valence-electron chi connectivity index (χ3n) is 4.83. The molecule has 0 amide bonds. The predicted molar refractivity (Wildman–Crippen MR) is 96.8 cm³/mol. The summed E-state index contributed by atoms with van der Waals surface area (Å²) in [6.07, 6.45) is 5.02. The second-order valence-electron chi connectivity index (χ2n) is 7.64. The van der Waals surface area contributed by atoms with Crippen LogP contribution < -0.4 is 5.32 Å². The van der Waals surface area contributed by atoms with E-state index in [1.165, 1.54) is 50.0 Å². The molecular weight excluding hydrogens is 268 g/mol. The molecule has 1 heterocycles. The average Bonchev–Trinajstić information content (AvgIpc) is 2.51. The van der Waals surface area contributed by atoms with Crippen molar-refractivity contribution in [2.24, 2.45) is 0 Å². The monoisotopic (exact) mass is 302 g/mol. The van der Waals surface area contributed by atoms with Crippen LogP contribution in [0.3, 0.4) is 0 Å². The molecule has 0 aliphatic carbocycles. The molecule has 0 radical (unpaired) electrons. The molecule has 0 spiro atoms. The largest absolute Gasteiger partial charge is 0.314 e. The molecule has 2 rings (SSSR count). The van der Waals surface area contributed by atoms with E-state index in [2.05, 4.69) is 56.1 Å². The highest BCUT2D eigenvalue weighted by molar-refractivity contribution is 5.35. The van der Waals surface area contributed by atoms with Crippen molar-refractivity contribution in [2.45, 2.75) is 58.8 Å². The minimum absolute atomic E-state index is 0.252. The third-order valence-corrected chi connectivity index (χ3v) is 4.83. The lowest BCUT2D eigenvalue weighted by Crippen LogP contribution is -2.43. The van der Waals surface area contributed by atoms with Crippen LogP contribution in [0.2, 0.25) is 0 Å². The van der Waals surface area contributed by atoms with Crippen LogP contribution in [0.5, 0.6) is 0 Å². The van der Waals surface area contributed by atoms with E-state index in [1.54, 1.807) is 5.56 Å². The van der Waals surface area contributed by atoms with Crippen LogP contribution in [-0.4, -0.2) is 37.6 Å². The van der Waals surface area contributed by atoms with Crippen LogP contribution in [0.1, 0.15) is 57.2 Å². The molecule has 124 valence electrons. The molecule has 1 fully saturated rings. The fraction of sp³-hybridized carbons (Fsp3) is 0.700. The van der Waals surface area contributed by atoms with E-state index in [-0.39, 0.29) is 5.41 Å². The van der Waals surface area contributed by atoms with Gasteiger partial charge in [0.15, 0.2) is 0 Å².